The normalized spacial score (nSPS) is 15.5. The van der Waals surface area contributed by atoms with Crippen LogP contribution in [0.4, 0.5) is 0 Å². The highest BCUT2D eigenvalue weighted by Crippen LogP contribution is 2.43. The average molecular weight is 288 g/mol. The number of ether oxygens (including phenoxy) is 4. The van der Waals surface area contributed by atoms with Crippen LogP contribution in [0.15, 0.2) is 0 Å². The lowest BCUT2D eigenvalue weighted by atomic mass is 9.69. The molecule has 0 bridgehead atoms. The van der Waals surface area contributed by atoms with Crippen LogP contribution in [0.5, 0.6) is 0 Å². The Bertz CT molecular complexity index is 376. The highest BCUT2D eigenvalue weighted by molar-refractivity contribution is 6.01. The molecule has 0 heterocycles. The first-order chi connectivity index (χ1) is 9.38. The van der Waals surface area contributed by atoms with Gasteiger partial charge in [-0.05, 0) is 19.3 Å². The van der Waals surface area contributed by atoms with Crippen LogP contribution in [0.1, 0.15) is 33.1 Å². The van der Waals surface area contributed by atoms with Gasteiger partial charge in [0, 0.05) is 13.8 Å². The minimum absolute atomic E-state index is 0.283. The summed E-state index contributed by atoms with van der Waals surface area (Å²) in [6.45, 7) is 1.24. The van der Waals surface area contributed by atoms with Crippen molar-refractivity contribution in [2.24, 2.45) is 5.41 Å². The van der Waals surface area contributed by atoms with E-state index < -0.39 is 42.9 Å². The minimum Gasteiger partial charge on any atom is -0.428 e. The first-order valence-corrected chi connectivity index (χ1v) is 5.99. The van der Waals surface area contributed by atoms with E-state index in [1.165, 1.54) is 13.8 Å². The van der Waals surface area contributed by atoms with Gasteiger partial charge in [-0.15, -0.1) is 0 Å². The Balaban J connectivity index is 2.48. The van der Waals surface area contributed by atoms with Crippen LogP contribution in [0.3, 0.4) is 0 Å². The van der Waals surface area contributed by atoms with Crippen LogP contribution in [-0.2, 0) is 38.1 Å². The van der Waals surface area contributed by atoms with Gasteiger partial charge in [0.25, 0.3) is 0 Å². The van der Waals surface area contributed by atoms with Crippen molar-refractivity contribution in [3.05, 3.63) is 0 Å². The zero-order chi connectivity index (χ0) is 15.2. The molecular weight excluding hydrogens is 272 g/mol. The molecule has 0 aliphatic heterocycles. The third-order valence-electron chi connectivity index (χ3n) is 2.89. The second-order valence-corrected chi connectivity index (χ2v) is 4.31. The highest BCUT2D eigenvalue weighted by Gasteiger charge is 2.54. The van der Waals surface area contributed by atoms with Gasteiger partial charge in [0.1, 0.15) is 0 Å². The van der Waals surface area contributed by atoms with E-state index in [0.717, 1.165) is 0 Å². The highest BCUT2D eigenvalue weighted by atomic mass is 16.7. The Kier molecular flexibility index (Phi) is 5.48. The Morgan fingerprint density at radius 1 is 0.800 bits per heavy atom. The maximum atomic E-state index is 11.8. The molecule has 0 saturated heterocycles. The third-order valence-corrected chi connectivity index (χ3v) is 2.89. The SMILES string of the molecule is CC(=O)OCOC(=O)C1(C(=O)OCOC(C)=O)CCC1. The quantitative estimate of drug-likeness (QED) is 0.390. The molecule has 0 aromatic heterocycles. The summed E-state index contributed by atoms with van der Waals surface area (Å²) >= 11 is 0. The van der Waals surface area contributed by atoms with E-state index in [0.29, 0.717) is 6.42 Å². The zero-order valence-electron chi connectivity index (χ0n) is 11.3. The fraction of sp³-hybridized carbons (Fsp3) is 0.667. The maximum absolute atomic E-state index is 11.8. The van der Waals surface area contributed by atoms with Gasteiger partial charge in [-0.2, -0.15) is 0 Å². The van der Waals surface area contributed by atoms with Crippen molar-refractivity contribution >= 4 is 23.9 Å². The molecule has 1 fully saturated rings. The number of carbonyl (C=O) groups is 4. The second kappa shape index (κ2) is 6.88. The summed E-state index contributed by atoms with van der Waals surface area (Å²) in [5.74, 6) is -2.81. The molecule has 1 aliphatic carbocycles. The number of hydrogen-bond acceptors (Lipinski definition) is 8. The smallest absolute Gasteiger partial charge is 0.326 e. The summed E-state index contributed by atoms with van der Waals surface area (Å²) < 4.78 is 18.4. The molecular formula is C12H16O8. The van der Waals surface area contributed by atoms with Gasteiger partial charge in [0.05, 0.1) is 0 Å². The summed E-state index contributed by atoms with van der Waals surface area (Å²) in [4.78, 5) is 44.8. The predicted octanol–water partition coefficient (Wildman–Crippen LogP) is 0.284. The number of carbonyl (C=O) groups excluding carboxylic acids is 4. The molecule has 0 amide bonds. The largest absolute Gasteiger partial charge is 0.428 e. The van der Waals surface area contributed by atoms with Gasteiger partial charge >= 0.3 is 23.9 Å². The summed E-state index contributed by atoms with van der Waals surface area (Å²) in [7, 11) is 0. The second-order valence-electron chi connectivity index (χ2n) is 4.31. The van der Waals surface area contributed by atoms with Crippen LogP contribution < -0.4 is 0 Å². The van der Waals surface area contributed by atoms with Crippen molar-refractivity contribution < 1.29 is 38.1 Å². The third kappa shape index (κ3) is 3.94. The van der Waals surface area contributed by atoms with Crippen molar-refractivity contribution in [2.75, 3.05) is 13.6 Å². The topological polar surface area (TPSA) is 105 Å². The van der Waals surface area contributed by atoms with Crippen molar-refractivity contribution in [2.45, 2.75) is 33.1 Å². The monoisotopic (exact) mass is 288 g/mol. The van der Waals surface area contributed by atoms with Gasteiger partial charge in [-0.3, -0.25) is 19.2 Å². The molecule has 1 rings (SSSR count). The molecule has 0 spiro atoms. The Labute approximate surface area is 115 Å². The Morgan fingerprint density at radius 3 is 1.45 bits per heavy atom. The van der Waals surface area contributed by atoms with Crippen molar-refractivity contribution in [3.8, 4) is 0 Å². The van der Waals surface area contributed by atoms with Crippen molar-refractivity contribution in [1.82, 2.24) is 0 Å². The van der Waals surface area contributed by atoms with Gasteiger partial charge in [0.2, 0.25) is 13.6 Å². The first kappa shape index (κ1) is 15.9. The molecule has 1 saturated carbocycles. The molecule has 112 valence electrons. The first-order valence-electron chi connectivity index (χ1n) is 5.99. The fourth-order valence-electron chi connectivity index (χ4n) is 1.63. The number of esters is 4. The summed E-state index contributed by atoms with van der Waals surface area (Å²) in [6, 6.07) is 0. The number of rotatable bonds is 6. The zero-order valence-corrected chi connectivity index (χ0v) is 11.3. The summed E-state index contributed by atoms with van der Waals surface area (Å²) in [5.41, 5.74) is -1.39. The van der Waals surface area contributed by atoms with Gasteiger partial charge in [-0.25, -0.2) is 0 Å². The lowest BCUT2D eigenvalue weighted by molar-refractivity contribution is -0.193. The predicted molar refractivity (Wildman–Crippen MR) is 61.7 cm³/mol. The Hall–Kier alpha value is -2.12. The molecule has 0 aromatic carbocycles. The van der Waals surface area contributed by atoms with Crippen molar-refractivity contribution in [3.63, 3.8) is 0 Å². The van der Waals surface area contributed by atoms with E-state index in [9.17, 15) is 19.2 Å². The molecule has 20 heavy (non-hydrogen) atoms. The molecule has 1 aliphatic rings. The number of hydrogen-bond donors (Lipinski definition) is 0. The van der Waals surface area contributed by atoms with Gasteiger partial charge in [0.15, 0.2) is 5.41 Å². The molecule has 8 nitrogen and oxygen atoms in total. The van der Waals surface area contributed by atoms with E-state index in [2.05, 4.69) is 9.47 Å². The lowest BCUT2D eigenvalue weighted by Crippen LogP contribution is -2.47. The van der Waals surface area contributed by atoms with Crippen LogP contribution in [-0.4, -0.2) is 37.5 Å². The standard InChI is InChI=1S/C12H16O8/c1-8(13)17-6-19-10(15)12(4-3-5-12)11(16)20-7-18-9(2)14/h3-7H2,1-2H3. The van der Waals surface area contributed by atoms with E-state index in [-0.39, 0.29) is 12.8 Å². The fourth-order valence-corrected chi connectivity index (χ4v) is 1.63. The van der Waals surface area contributed by atoms with Crippen LogP contribution in [0.2, 0.25) is 0 Å². The average Bonchev–Trinajstić information content (AvgIpc) is 2.26. The van der Waals surface area contributed by atoms with Crippen LogP contribution in [0.25, 0.3) is 0 Å². The van der Waals surface area contributed by atoms with E-state index >= 15 is 0 Å². The van der Waals surface area contributed by atoms with Crippen molar-refractivity contribution in [1.29, 1.82) is 0 Å². The summed E-state index contributed by atoms with van der Waals surface area (Å²) in [6.07, 6.45) is 1.24. The van der Waals surface area contributed by atoms with Gasteiger partial charge in [-0.1, -0.05) is 0 Å². The minimum atomic E-state index is -1.39. The maximum Gasteiger partial charge on any atom is 0.326 e. The van der Waals surface area contributed by atoms with E-state index in [1.807, 2.05) is 0 Å². The van der Waals surface area contributed by atoms with Gasteiger partial charge < -0.3 is 18.9 Å². The summed E-state index contributed by atoms with van der Waals surface area (Å²) in [5, 5.41) is 0. The molecule has 0 radical (unpaired) electrons. The molecule has 8 heteroatoms. The molecule has 0 atom stereocenters. The molecule has 0 unspecified atom stereocenters. The van der Waals surface area contributed by atoms with Crippen LogP contribution in [0, 0.1) is 5.41 Å². The van der Waals surface area contributed by atoms with E-state index in [1.54, 1.807) is 0 Å². The lowest BCUT2D eigenvalue weighted by Gasteiger charge is -2.36. The van der Waals surface area contributed by atoms with Crippen LogP contribution >= 0.6 is 0 Å². The molecule has 0 aromatic rings. The van der Waals surface area contributed by atoms with E-state index in [4.69, 9.17) is 9.47 Å². The molecule has 0 N–H and O–H groups in total. The Morgan fingerprint density at radius 2 is 1.20 bits per heavy atom.